The van der Waals surface area contributed by atoms with E-state index in [0.29, 0.717) is 51.0 Å². The first kappa shape index (κ1) is 39.1. The van der Waals surface area contributed by atoms with Gasteiger partial charge in [0.25, 0.3) is 5.91 Å². The van der Waals surface area contributed by atoms with Gasteiger partial charge in [0.15, 0.2) is 9.84 Å². The fraction of sp³-hybridized carbons (Fsp3) is 0.816. The van der Waals surface area contributed by atoms with Gasteiger partial charge in [-0.15, -0.1) is 6.42 Å². The number of amides is 5. The van der Waals surface area contributed by atoms with Crippen LogP contribution in [-0.2, 0) is 29.0 Å². The number of piperidine rings is 1. The number of likely N-dealkylation sites (tertiary alicyclic amines) is 1. The minimum atomic E-state index is -3.43. The molecule has 5 fully saturated rings. The number of Topliss-reactive ketones (excluding diaryl/α,β-unsaturated/α-hetero) is 1. The van der Waals surface area contributed by atoms with Crippen LogP contribution in [0.2, 0.25) is 0 Å². The highest BCUT2D eigenvalue weighted by molar-refractivity contribution is 7.92. The maximum absolute atomic E-state index is 14.5. The van der Waals surface area contributed by atoms with Gasteiger partial charge in [0.1, 0.15) is 12.1 Å². The average Bonchev–Trinajstić information content (AvgIpc) is 3.75. The van der Waals surface area contributed by atoms with Gasteiger partial charge in [0.2, 0.25) is 17.6 Å². The molecule has 284 valence electrons. The molecule has 0 bridgehead atoms. The van der Waals surface area contributed by atoms with Gasteiger partial charge in [-0.3, -0.25) is 19.2 Å². The van der Waals surface area contributed by atoms with E-state index in [-0.39, 0.29) is 34.8 Å². The van der Waals surface area contributed by atoms with Crippen molar-refractivity contribution in [3.8, 4) is 12.3 Å². The number of hydrogen-bond acceptors (Lipinski definition) is 7. The predicted molar refractivity (Wildman–Crippen MR) is 194 cm³/mol. The van der Waals surface area contributed by atoms with Crippen molar-refractivity contribution in [1.82, 2.24) is 26.2 Å². The van der Waals surface area contributed by atoms with Crippen LogP contribution in [0.1, 0.15) is 118 Å². The second kappa shape index (κ2) is 15.1. The molecule has 4 N–H and O–H groups in total. The van der Waals surface area contributed by atoms with Crippen LogP contribution in [0.3, 0.4) is 0 Å². The van der Waals surface area contributed by atoms with Gasteiger partial charge in [-0.1, -0.05) is 85.5 Å². The highest BCUT2D eigenvalue weighted by Gasteiger charge is 2.70. The summed E-state index contributed by atoms with van der Waals surface area (Å²) in [7, 11) is -3.43. The summed E-state index contributed by atoms with van der Waals surface area (Å²) < 4.78 is 27.0. The van der Waals surface area contributed by atoms with Crippen LogP contribution in [0.15, 0.2) is 0 Å². The topological polar surface area (TPSA) is 171 Å². The first-order chi connectivity index (χ1) is 23.9. The van der Waals surface area contributed by atoms with Crippen LogP contribution in [0.5, 0.6) is 0 Å². The van der Waals surface area contributed by atoms with Gasteiger partial charge in [-0.05, 0) is 67.1 Å². The zero-order valence-corrected chi connectivity index (χ0v) is 32.0. The van der Waals surface area contributed by atoms with Crippen molar-refractivity contribution >= 4 is 39.4 Å². The predicted octanol–water partition coefficient (Wildman–Crippen LogP) is 3.24. The third kappa shape index (κ3) is 8.91. The molecule has 0 unspecified atom stereocenters. The largest absolute Gasteiger partial charge is 0.344 e. The van der Waals surface area contributed by atoms with Crippen molar-refractivity contribution in [2.24, 2.45) is 28.6 Å². The molecule has 4 saturated carbocycles. The fourth-order valence-electron chi connectivity index (χ4n) is 9.03. The molecule has 0 spiro atoms. The maximum Gasteiger partial charge on any atom is 0.315 e. The van der Waals surface area contributed by atoms with E-state index < -0.39 is 68.5 Å². The van der Waals surface area contributed by atoms with Crippen molar-refractivity contribution < 1.29 is 32.4 Å². The van der Waals surface area contributed by atoms with Gasteiger partial charge < -0.3 is 26.2 Å². The number of nitrogens with zero attached hydrogens (tertiary/aromatic N) is 1. The Morgan fingerprint density at radius 2 is 1.59 bits per heavy atom. The Morgan fingerprint density at radius 3 is 2.18 bits per heavy atom. The molecule has 0 aromatic heterocycles. The third-order valence-electron chi connectivity index (χ3n) is 12.4. The molecule has 1 aliphatic heterocycles. The van der Waals surface area contributed by atoms with Gasteiger partial charge in [-0.25, -0.2) is 13.2 Å². The van der Waals surface area contributed by atoms with Crippen molar-refractivity contribution in [3.63, 3.8) is 0 Å². The van der Waals surface area contributed by atoms with Crippen molar-refractivity contribution in [3.05, 3.63) is 0 Å². The number of carbonyl (C=O) groups excluding carboxylic acids is 5. The van der Waals surface area contributed by atoms with E-state index in [4.69, 9.17) is 6.42 Å². The van der Waals surface area contributed by atoms with Crippen LogP contribution in [0, 0.1) is 40.9 Å². The molecule has 1 heterocycles. The number of rotatable bonds is 14. The Labute approximate surface area is 304 Å². The monoisotopic (exact) mass is 729 g/mol. The second-order valence-corrected chi connectivity index (χ2v) is 20.0. The number of sulfone groups is 1. The van der Waals surface area contributed by atoms with Gasteiger partial charge in [0, 0.05) is 6.54 Å². The van der Waals surface area contributed by atoms with E-state index in [0.717, 1.165) is 44.9 Å². The van der Waals surface area contributed by atoms with Crippen LogP contribution >= 0.6 is 0 Å². The summed E-state index contributed by atoms with van der Waals surface area (Å²) in [5.74, 6) is 0.00846. The summed E-state index contributed by atoms with van der Waals surface area (Å²) in [6.45, 7) is 9.85. The summed E-state index contributed by atoms with van der Waals surface area (Å²) in [5, 5.41) is 10.8. The molecule has 13 heteroatoms. The molecule has 5 amide bonds. The summed E-state index contributed by atoms with van der Waals surface area (Å²) in [6.07, 6.45) is 15.1. The Bertz CT molecular complexity index is 1510. The average molecular weight is 730 g/mol. The number of hydrogen-bond donors (Lipinski definition) is 4. The molecular weight excluding hydrogens is 671 g/mol. The highest BCUT2D eigenvalue weighted by Crippen LogP contribution is 2.65. The Morgan fingerprint density at radius 1 is 0.941 bits per heavy atom. The zero-order valence-electron chi connectivity index (χ0n) is 31.1. The quantitative estimate of drug-likeness (QED) is 0.157. The minimum Gasteiger partial charge on any atom is -0.344 e. The second-order valence-electron chi connectivity index (χ2n) is 17.7. The highest BCUT2D eigenvalue weighted by atomic mass is 32.2. The van der Waals surface area contributed by atoms with Gasteiger partial charge in [0.05, 0.1) is 29.1 Å². The van der Waals surface area contributed by atoms with Crippen molar-refractivity contribution in [2.75, 3.05) is 18.8 Å². The van der Waals surface area contributed by atoms with Crippen molar-refractivity contribution in [1.29, 1.82) is 0 Å². The summed E-state index contributed by atoms with van der Waals surface area (Å²) in [4.78, 5) is 69.9. The number of ketones is 1. The van der Waals surface area contributed by atoms with E-state index in [1.54, 1.807) is 0 Å². The standard InChI is InChI=1S/C38H59N5O7S/c1-7-21-39-33(46)30(44)27(18-17-24-15-16-24)40-32(45)29-28-26(37(28,5)6)22-43(29)34(47)31(36(2,3)4)41-35(48)42-38(19-11-8-12-20-38)23-51(49,50)25-13-9-10-14-25/h1,24-29,31H,8-23H2,2-6H3,(H,39,46)(H,40,45)(H2,41,42,48)/t26-,27-,28-,29-,31+/m0/s1. The summed E-state index contributed by atoms with van der Waals surface area (Å²) >= 11 is 0. The molecule has 5 atom stereocenters. The van der Waals surface area contributed by atoms with Crippen molar-refractivity contribution in [2.45, 2.75) is 147 Å². The minimum absolute atomic E-state index is 0.0532. The number of nitrogens with one attached hydrogen (secondary N) is 4. The van der Waals surface area contributed by atoms with E-state index in [9.17, 15) is 32.4 Å². The lowest BCUT2D eigenvalue weighted by Gasteiger charge is -2.41. The lowest BCUT2D eigenvalue weighted by Crippen LogP contribution is -2.64. The number of fused-ring (bicyclic) bond motifs is 1. The molecule has 1 saturated heterocycles. The molecule has 5 aliphatic rings. The van der Waals surface area contributed by atoms with E-state index in [2.05, 4.69) is 41.0 Å². The van der Waals surface area contributed by atoms with Crippen LogP contribution in [0.25, 0.3) is 0 Å². The SMILES string of the molecule is C#CCNC(=O)C(=O)[C@H](CCC1CC1)NC(=O)[C@@H]1[C@@H]2[C@H](CN1C(=O)[C@@H](NC(=O)NC1(CS(=O)(=O)C3CCCC3)CCCCC1)C(C)(C)C)C2(C)C. The smallest absolute Gasteiger partial charge is 0.315 e. The number of urea groups is 1. The first-order valence-corrected chi connectivity index (χ1v) is 20.8. The number of carbonyl (C=O) groups is 5. The molecule has 5 rings (SSSR count). The van der Waals surface area contributed by atoms with Gasteiger partial charge >= 0.3 is 6.03 Å². The Kier molecular flexibility index (Phi) is 11.5. The molecule has 0 aromatic carbocycles. The lowest BCUT2D eigenvalue weighted by atomic mass is 9.83. The molecule has 0 aromatic rings. The van der Waals surface area contributed by atoms with Crippen LogP contribution in [-0.4, -0.2) is 90.6 Å². The molecule has 51 heavy (non-hydrogen) atoms. The molecule has 4 aliphatic carbocycles. The van der Waals surface area contributed by atoms with Crippen LogP contribution in [0.4, 0.5) is 4.79 Å². The molecule has 12 nitrogen and oxygen atoms in total. The first-order valence-electron chi connectivity index (χ1n) is 19.1. The van der Waals surface area contributed by atoms with Crippen LogP contribution < -0.4 is 21.3 Å². The van der Waals surface area contributed by atoms with Gasteiger partial charge in [-0.2, -0.15) is 0 Å². The Balaban J connectivity index is 1.33. The summed E-state index contributed by atoms with van der Waals surface area (Å²) in [5.41, 5.74) is -1.88. The number of terminal acetylenes is 1. The van der Waals surface area contributed by atoms with E-state index in [1.165, 1.54) is 4.90 Å². The third-order valence-corrected chi connectivity index (χ3v) is 14.8. The molecule has 0 radical (unpaired) electrons. The van der Waals surface area contributed by atoms with E-state index >= 15 is 0 Å². The fourth-order valence-corrected chi connectivity index (χ4v) is 11.4. The molecular formula is C38H59N5O7S. The lowest BCUT2D eigenvalue weighted by molar-refractivity contribution is -0.145. The zero-order chi connectivity index (χ0) is 37.4. The normalized spacial score (nSPS) is 26.6. The maximum atomic E-state index is 14.5. The Hall–Kier alpha value is -3.14. The van der Waals surface area contributed by atoms with E-state index in [1.807, 2.05) is 20.8 Å². The summed E-state index contributed by atoms with van der Waals surface area (Å²) in [6, 6.07) is -3.56.